The summed E-state index contributed by atoms with van der Waals surface area (Å²) in [7, 11) is 0. The third-order valence-corrected chi connectivity index (χ3v) is 2.77. The van der Waals surface area contributed by atoms with E-state index in [4.69, 9.17) is 10.8 Å². The lowest BCUT2D eigenvalue weighted by atomic mass is 10.1. The average molecular weight is 296 g/mol. The number of benzene rings is 2. The first kappa shape index (κ1) is 14.7. The average Bonchev–Trinajstić information content (AvgIpc) is 2.40. The number of carbonyl (C=O) groups is 1. The quantitative estimate of drug-likeness (QED) is 0.754. The number of hydrogen-bond acceptors (Lipinski definition) is 3. The molecule has 21 heavy (non-hydrogen) atoms. The standard InChI is InChI=1S/C14H11F3N2O2/c15-14(16,17)9-4-5-12(11(18)7-9)19-10-3-1-2-8(6-10)13(20)21/h1-7,19H,18H2,(H,20,21). The fraction of sp³-hybridized carbons (Fsp3) is 0.0714. The van der Waals surface area contributed by atoms with Crippen LogP contribution in [0.2, 0.25) is 0 Å². The van der Waals surface area contributed by atoms with Crippen LogP contribution in [0.5, 0.6) is 0 Å². The second-order valence-corrected chi connectivity index (χ2v) is 4.31. The zero-order valence-corrected chi connectivity index (χ0v) is 10.6. The Morgan fingerprint density at radius 3 is 2.43 bits per heavy atom. The Morgan fingerprint density at radius 2 is 1.86 bits per heavy atom. The molecule has 0 aliphatic rings. The van der Waals surface area contributed by atoms with E-state index in [1.807, 2.05) is 0 Å². The van der Waals surface area contributed by atoms with E-state index in [-0.39, 0.29) is 16.9 Å². The minimum atomic E-state index is -4.46. The van der Waals surface area contributed by atoms with Crippen LogP contribution in [0.3, 0.4) is 0 Å². The molecule has 0 heterocycles. The van der Waals surface area contributed by atoms with Crippen LogP contribution in [0, 0.1) is 0 Å². The maximum atomic E-state index is 12.5. The number of nitrogens with two attached hydrogens (primary N) is 1. The van der Waals surface area contributed by atoms with E-state index in [0.717, 1.165) is 12.1 Å². The van der Waals surface area contributed by atoms with Crippen LogP contribution in [-0.2, 0) is 6.18 Å². The largest absolute Gasteiger partial charge is 0.478 e. The molecule has 110 valence electrons. The minimum Gasteiger partial charge on any atom is -0.478 e. The van der Waals surface area contributed by atoms with Crippen LogP contribution >= 0.6 is 0 Å². The van der Waals surface area contributed by atoms with Crippen molar-refractivity contribution in [3.63, 3.8) is 0 Å². The van der Waals surface area contributed by atoms with Gasteiger partial charge >= 0.3 is 12.1 Å². The highest BCUT2D eigenvalue weighted by Gasteiger charge is 2.30. The van der Waals surface area contributed by atoms with Gasteiger partial charge in [0.25, 0.3) is 0 Å². The Kier molecular flexibility index (Phi) is 3.75. The number of carboxylic acids is 1. The molecule has 2 rings (SSSR count). The molecule has 0 amide bonds. The second-order valence-electron chi connectivity index (χ2n) is 4.31. The Bertz CT molecular complexity index is 684. The normalized spacial score (nSPS) is 11.2. The maximum absolute atomic E-state index is 12.5. The van der Waals surface area contributed by atoms with Crippen LogP contribution in [0.25, 0.3) is 0 Å². The van der Waals surface area contributed by atoms with Crippen molar-refractivity contribution in [1.29, 1.82) is 0 Å². The van der Waals surface area contributed by atoms with Gasteiger partial charge in [0.15, 0.2) is 0 Å². The first-order valence-electron chi connectivity index (χ1n) is 5.84. The van der Waals surface area contributed by atoms with E-state index in [2.05, 4.69) is 5.32 Å². The smallest absolute Gasteiger partial charge is 0.416 e. The van der Waals surface area contributed by atoms with E-state index < -0.39 is 17.7 Å². The second kappa shape index (κ2) is 5.35. The van der Waals surface area contributed by atoms with Crippen molar-refractivity contribution in [3.8, 4) is 0 Å². The molecule has 0 unspecified atom stereocenters. The van der Waals surface area contributed by atoms with Crippen molar-refractivity contribution in [2.75, 3.05) is 11.1 Å². The van der Waals surface area contributed by atoms with E-state index in [1.165, 1.54) is 24.3 Å². The van der Waals surface area contributed by atoms with Gasteiger partial charge in [-0.3, -0.25) is 0 Å². The van der Waals surface area contributed by atoms with Crippen LogP contribution in [0.1, 0.15) is 15.9 Å². The lowest BCUT2D eigenvalue weighted by Gasteiger charge is -2.13. The zero-order valence-electron chi connectivity index (χ0n) is 10.6. The number of aromatic carboxylic acids is 1. The summed E-state index contributed by atoms with van der Waals surface area (Å²) in [6.45, 7) is 0. The summed E-state index contributed by atoms with van der Waals surface area (Å²) in [5, 5.41) is 11.7. The third-order valence-electron chi connectivity index (χ3n) is 2.77. The molecular weight excluding hydrogens is 285 g/mol. The van der Waals surface area contributed by atoms with Gasteiger partial charge in [-0.2, -0.15) is 13.2 Å². The predicted molar refractivity (Wildman–Crippen MR) is 72.5 cm³/mol. The van der Waals surface area contributed by atoms with Gasteiger partial charge in [-0.25, -0.2) is 4.79 Å². The number of anilines is 3. The summed E-state index contributed by atoms with van der Waals surface area (Å²) in [6, 6.07) is 8.80. The fourth-order valence-electron chi connectivity index (χ4n) is 1.74. The molecule has 0 aromatic heterocycles. The highest BCUT2D eigenvalue weighted by molar-refractivity contribution is 5.89. The molecular formula is C14H11F3N2O2. The number of hydrogen-bond donors (Lipinski definition) is 3. The summed E-state index contributed by atoms with van der Waals surface area (Å²) in [5.41, 5.74) is 5.41. The molecule has 0 spiro atoms. The summed E-state index contributed by atoms with van der Waals surface area (Å²) in [5.74, 6) is -1.10. The number of nitrogen functional groups attached to an aromatic ring is 1. The van der Waals surface area contributed by atoms with Gasteiger partial charge in [0.05, 0.1) is 22.5 Å². The van der Waals surface area contributed by atoms with Gasteiger partial charge in [-0.15, -0.1) is 0 Å². The van der Waals surface area contributed by atoms with Crippen LogP contribution in [0.4, 0.5) is 30.2 Å². The van der Waals surface area contributed by atoms with Gasteiger partial charge in [-0.1, -0.05) is 6.07 Å². The highest BCUT2D eigenvalue weighted by atomic mass is 19.4. The van der Waals surface area contributed by atoms with Gasteiger partial charge in [0.2, 0.25) is 0 Å². The van der Waals surface area contributed by atoms with Gasteiger partial charge in [-0.05, 0) is 36.4 Å². The number of halogens is 3. The van der Waals surface area contributed by atoms with Crippen LogP contribution < -0.4 is 11.1 Å². The lowest BCUT2D eigenvalue weighted by molar-refractivity contribution is -0.137. The van der Waals surface area contributed by atoms with Crippen molar-refractivity contribution in [2.45, 2.75) is 6.18 Å². The molecule has 0 bridgehead atoms. The Balaban J connectivity index is 2.28. The lowest BCUT2D eigenvalue weighted by Crippen LogP contribution is -2.06. The Hall–Kier alpha value is -2.70. The Labute approximate surface area is 118 Å². The van der Waals surface area contributed by atoms with Gasteiger partial charge in [0, 0.05) is 5.69 Å². The van der Waals surface area contributed by atoms with E-state index in [0.29, 0.717) is 5.69 Å². The highest BCUT2D eigenvalue weighted by Crippen LogP contribution is 2.33. The number of rotatable bonds is 3. The van der Waals surface area contributed by atoms with Crippen molar-refractivity contribution >= 4 is 23.0 Å². The number of carboxylic acid groups (broad SMARTS) is 1. The van der Waals surface area contributed by atoms with E-state index in [9.17, 15) is 18.0 Å². The molecule has 2 aromatic rings. The van der Waals surface area contributed by atoms with Crippen molar-refractivity contribution in [3.05, 3.63) is 53.6 Å². The zero-order chi connectivity index (χ0) is 15.6. The monoisotopic (exact) mass is 296 g/mol. The summed E-state index contributed by atoms with van der Waals surface area (Å²) in [4.78, 5) is 10.9. The fourth-order valence-corrected chi connectivity index (χ4v) is 1.74. The third kappa shape index (κ3) is 3.44. The Morgan fingerprint density at radius 1 is 1.14 bits per heavy atom. The molecule has 0 fully saturated rings. The SMILES string of the molecule is Nc1cc(C(F)(F)F)ccc1Nc1cccc(C(=O)O)c1. The van der Waals surface area contributed by atoms with E-state index in [1.54, 1.807) is 6.07 Å². The minimum absolute atomic E-state index is 0.0606. The molecule has 4 nitrogen and oxygen atoms in total. The maximum Gasteiger partial charge on any atom is 0.416 e. The van der Waals surface area contributed by atoms with Crippen LogP contribution in [-0.4, -0.2) is 11.1 Å². The van der Waals surface area contributed by atoms with Crippen molar-refractivity contribution in [1.82, 2.24) is 0 Å². The van der Waals surface area contributed by atoms with Crippen molar-refractivity contribution in [2.24, 2.45) is 0 Å². The number of nitrogens with one attached hydrogen (secondary N) is 1. The molecule has 0 saturated heterocycles. The first-order valence-corrected chi connectivity index (χ1v) is 5.84. The molecule has 0 aliphatic carbocycles. The summed E-state index contributed by atoms with van der Waals surface area (Å²) < 4.78 is 37.6. The first-order chi connectivity index (χ1) is 9.77. The summed E-state index contributed by atoms with van der Waals surface area (Å²) in [6.07, 6.45) is -4.46. The molecule has 7 heteroatoms. The molecule has 0 radical (unpaired) electrons. The molecule has 0 aliphatic heterocycles. The van der Waals surface area contributed by atoms with Gasteiger partial charge in [0.1, 0.15) is 0 Å². The number of alkyl halides is 3. The molecule has 0 atom stereocenters. The predicted octanol–water partition coefficient (Wildman–Crippen LogP) is 3.73. The van der Waals surface area contributed by atoms with E-state index >= 15 is 0 Å². The topological polar surface area (TPSA) is 75.3 Å². The van der Waals surface area contributed by atoms with Crippen LogP contribution in [0.15, 0.2) is 42.5 Å². The summed E-state index contributed by atoms with van der Waals surface area (Å²) >= 11 is 0. The molecule has 4 N–H and O–H groups in total. The molecule has 2 aromatic carbocycles. The molecule has 0 saturated carbocycles. The van der Waals surface area contributed by atoms with Gasteiger partial charge < -0.3 is 16.2 Å². The van der Waals surface area contributed by atoms with Crippen molar-refractivity contribution < 1.29 is 23.1 Å².